The summed E-state index contributed by atoms with van der Waals surface area (Å²) in [7, 11) is 0. The van der Waals surface area contributed by atoms with Gasteiger partial charge in [0.05, 0.1) is 22.1 Å². The van der Waals surface area contributed by atoms with Gasteiger partial charge in [-0.1, -0.05) is 358 Å². The maximum absolute atomic E-state index is 2.44. The Bertz CT molecular complexity index is 8440. The molecule has 0 bridgehead atoms. The van der Waals surface area contributed by atoms with Crippen molar-refractivity contribution in [3.8, 4) is 67.0 Å². The van der Waals surface area contributed by atoms with E-state index in [4.69, 9.17) is 0 Å². The van der Waals surface area contributed by atoms with E-state index >= 15 is 0 Å². The fraction of sp³-hybridized carbons (Fsp3) is 0. The maximum atomic E-state index is 2.44. The zero-order valence-corrected chi connectivity index (χ0v) is 63.3. The van der Waals surface area contributed by atoms with E-state index < -0.39 is 0 Å². The molecule has 0 aliphatic rings. The van der Waals surface area contributed by atoms with Crippen LogP contribution in [0, 0.1) is 0 Å². The maximum Gasteiger partial charge on any atom is 0.0547 e. The molecule has 2 heterocycles. The minimum Gasteiger partial charge on any atom is -0.309 e. The summed E-state index contributed by atoms with van der Waals surface area (Å²) < 4.78 is 4.81. The predicted molar refractivity (Wildman–Crippen MR) is 499 cm³/mol. The highest BCUT2D eigenvalue weighted by Crippen LogP contribution is 2.50. The second kappa shape index (κ2) is 26.2. The van der Waals surface area contributed by atoms with Crippen LogP contribution < -0.4 is 0 Å². The molecule has 0 spiro atoms. The minimum absolute atomic E-state index is 1.17. The van der Waals surface area contributed by atoms with Crippen LogP contribution in [0.4, 0.5) is 0 Å². The molecule has 0 saturated carbocycles. The SMILES string of the molecule is c1ccc(-c2ccc3c(c2)c2ccccc2c2c4ccc(-c5cccc6c(-c7ccc8c9ccccc9n(-c9ccccc9)c8c7)cccc56)cc4c4ccccc4c32)cc1.c1ccc(-n2c3ccccc3c3ccc(-c4ccc(-c5ccc6c(c5)c5ccccc5c5c7ccccc7c7ccccc7c65)c5ccccc45)cc32)cc1. The molecule has 2 heteroatoms. The molecule has 0 fully saturated rings. The molecule has 0 saturated heterocycles. The average molecular weight is 1470 g/mol. The Labute approximate surface area is 669 Å². The van der Waals surface area contributed by atoms with Crippen LogP contribution in [0.2, 0.25) is 0 Å². The second-order valence-electron chi connectivity index (χ2n) is 31.1. The molecule has 0 aliphatic heterocycles. The van der Waals surface area contributed by atoms with Gasteiger partial charge in [-0.05, 0) is 252 Å². The summed E-state index contributed by atoms with van der Waals surface area (Å²) in [5.41, 5.74) is 19.5. The van der Waals surface area contributed by atoms with Crippen LogP contribution in [-0.4, -0.2) is 9.13 Å². The Kier molecular flexibility index (Phi) is 14.8. The van der Waals surface area contributed by atoms with Gasteiger partial charge in [0, 0.05) is 32.9 Å². The zero-order chi connectivity index (χ0) is 76.1. The molecule has 2 nitrogen and oxygen atoms in total. The van der Waals surface area contributed by atoms with Crippen molar-refractivity contribution in [2.24, 2.45) is 0 Å². The van der Waals surface area contributed by atoms with Crippen molar-refractivity contribution in [1.29, 1.82) is 0 Å². The third-order valence-corrected chi connectivity index (χ3v) is 25.1. The lowest BCUT2D eigenvalue weighted by Crippen LogP contribution is -1.93. The molecule has 0 radical (unpaired) electrons. The van der Waals surface area contributed by atoms with E-state index in [1.54, 1.807) is 0 Å². The van der Waals surface area contributed by atoms with Crippen molar-refractivity contribution in [2.45, 2.75) is 0 Å². The molecular formula is C114H70N2. The summed E-state index contributed by atoms with van der Waals surface area (Å²) in [6.45, 7) is 0. The first-order valence-corrected chi connectivity index (χ1v) is 40.3. The van der Waals surface area contributed by atoms with Crippen molar-refractivity contribution in [3.63, 3.8) is 0 Å². The van der Waals surface area contributed by atoms with Crippen LogP contribution in [0.25, 0.3) is 240 Å². The minimum atomic E-state index is 1.17. The third kappa shape index (κ3) is 10.0. The number of hydrogen-bond donors (Lipinski definition) is 0. The smallest absolute Gasteiger partial charge is 0.0547 e. The quantitative estimate of drug-likeness (QED) is 0.141. The Hall–Kier alpha value is -15.2. The molecule has 116 heavy (non-hydrogen) atoms. The summed E-state index contributed by atoms with van der Waals surface area (Å²) in [5.74, 6) is 0. The lowest BCUT2D eigenvalue weighted by molar-refractivity contribution is 1.18. The number of benzene rings is 23. The molecule has 2 aromatic heterocycles. The molecule has 536 valence electrons. The fourth-order valence-corrected chi connectivity index (χ4v) is 20.0. The van der Waals surface area contributed by atoms with Crippen LogP contribution in [0.5, 0.6) is 0 Å². The number of nitrogens with zero attached hydrogens (tertiary/aromatic N) is 2. The average Bonchev–Trinajstić information content (AvgIpc) is 1.03. The van der Waals surface area contributed by atoms with Crippen LogP contribution in [0.3, 0.4) is 0 Å². The topological polar surface area (TPSA) is 9.86 Å². The van der Waals surface area contributed by atoms with Crippen LogP contribution in [-0.2, 0) is 0 Å². The zero-order valence-electron chi connectivity index (χ0n) is 63.3. The molecule has 0 aliphatic carbocycles. The lowest BCUT2D eigenvalue weighted by atomic mass is 9.85. The third-order valence-electron chi connectivity index (χ3n) is 25.1. The predicted octanol–water partition coefficient (Wildman–Crippen LogP) is 31.7. The van der Waals surface area contributed by atoms with Crippen molar-refractivity contribution in [2.75, 3.05) is 0 Å². The van der Waals surface area contributed by atoms with E-state index in [2.05, 4.69) is 434 Å². The standard InChI is InChI=1S/C60H37N.C54H33N/c1-3-15-38(16-4-1)39-29-33-53-55(35-39)47-19-7-9-22-51(47)60-54-34-31-40(36-56(54)48-20-8-10-23-52(48)59(53)60)43-24-13-27-46-44(25-14-26-45(43)46)41-30-32-50-49-21-11-12-28-57(49)61(58(50)37-41)42-17-5-2-6-18-42;1-2-14-36(15-3-1)55-51-25-13-12-21-44(51)45-28-26-35(33-52(45)55)38-31-30-37(39-16-4-5-17-40(38)39)34-27-29-49-50(32-34)43-20-8-11-24-48(43)53-46-22-9-6-18-41(46)42-19-7-10-23-47(42)54(49)53/h1-37H;1-33H. The van der Waals surface area contributed by atoms with Gasteiger partial charge < -0.3 is 9.13 Å². The van der Waals surface area contributed by atoms with Gasteiger partial charge in [0.15, 0.2) is 0 Å². The first kappa shape index (κ1) is 65.5. The second-order valence-corrected chi connectivity index (χ2v) is 31.1. The summed E-state index contributed by atoms with van der Waals surface area (Å²) in [6.07, 6.45) is 0. The number of aromatic nitrogens is 2. The summed E-state index contributed by atoms with van der Waals surface area (Å²) in [5, 5.41) is 36.0. The van der Waals surface area contributed by atoms with Gasteiger partial charge in [0.25, 0.3) is 0 Å². The Balaban J connectivity index is 0.000000134. The molecule has 0 N–H and O–H groups in total. The molecule has 0 atom stereocenters. The van der Waals surface area contributed by atoms with Gasteiger partial charge in [-0.25, -0.2) is 0 Å². The van der Waals surface area contributed by atoms with E-state index in [-0.39, 0.29) is 0 Å². The van der Waals surface area contributed by atoms with Crippen molar-refractivity contribution < 1.29 is 0 Å². The van der Waals surface area contributed by atoms with E-state index in [1.165, 1.54) is 240 Å². The van der Waals surface area contributed by atoms with Gasteiger partial charge in [0.1, 0.15) is 0 Å². The van der Waals surface area contributed by atoms with Gasteiger partial charge in [-0.15, -0.1) is 0 Å². The number of hydrogen-bond acceptors (Lipinski definition) is 0. The van der Waals surface area contributed by atoms with Crippen LogP contribution >= 0.6 is 0 Å². The first-order chi connectivity index (χ1) is 57.6. The van der Waals surface area contributed by atoms with Crippen LogP contribution in [0.1, 0.15) is 0 Å². The number of para-hydroxylation sites is 4. The number of fused-ring (bicyclic) bond motifs is 30. The van der Waals surface area contributed by atoms with Crippen LogP contribution in [0.15, 0.2) is 425 Å². The van der Waals surface area contributed by atoms with Crippen molar-refractivity contribution >= 4 is 173 Å². The normalized spacial score (nSPS) is 12.0. The summed E-state index contributed by atoms with van der Waals surface area (Å²) >= 11 is 0. The molecule has 25 aromatic rings. The van der Waals surface area contributed by atoms with Gasteiger partial charge in [-0.3, -0.25) is 0 Å². The highest BCUT2D eigenvalue weighted by molar-refractivity contribution is 6.41. The Morgan fingerprint density at radius 2 is 0.345 bits per heavy atom. The van der Waals surface area contributed by atoms with E-state index in [0.29, 0.717) is 0 Å². The molecule has 0 amide bonds. The number of rotatable bonds is 7. The molecular weight excluding hydrogens is 1400 g/mol. The first-order valence-electron chi connectivity index (χ1n) is 40.3. The molecule has 23 aromatic carbocycles. The van der Waals surface area contributed by atoms with Gasteiger partial charge >= 0.3 is 0 Å². The van der Waals surface area contributed by atoms with E-state index in [9.17, 15) is 0 Å². The van der Waals surface area contributed by atoms with Crippen molar-refractivity contribution in [3.05, 3.63) is 425 Å². The van der Waals surface area contributed by atoms with Gasteiger partial charge in [0.2, 0.25) is 0 Å². The highest BCUT2D eigenvalue weighted by atomic mass is 15.0. The highest BCUT2D eigenvalue weighted by Gasteiger charge is 2.23. The summed E-state index contributed by atoms with van der Waals surface area (Å²) in [6, 6.07) is 157. The van der Waals surface area contributed by atoms with E-state index in [0.717, 1.165) is 0 Å². The monoisotopic (exact) mass is 1470 g/mol. The molecule has 0 unspecified atom stereocenters. The fourth-order valence-electron chi connectivity index (χ4n) is 20.0. The van der Waals surface area contributed by atoms with E-state index in [1.807, 2.05) is 0 Å². The lowest BCUT2D eigenvalue weighted by Gasteiger charge is -2.18. The van der Waals surface area contributed by atoms with Gasteiger partial charge in [-0.2, -0.15) is 0 Å². The summed E-state index contributed by atoms with van der Waals surface area (Å²) in [4.78, 5) is 0. The van der Waals surface area contributed by atoms with Crippen molar-refractivity contribution in [1.82, 2.24) is 9.13 Å². The Morgan fingerprint density at radius 3 is 0.707 bits per heavy atom. The largest absolute Gasteiger partial charge is 0.309 e. The molecule has 25 rings (SSSR count). The Morgan fingerprint density at radius 1 is 0.112 bits per heavy atom.